The van der Waals surface area contributed by atoms with Gasteiger partial charge in [-0.3, -0.25) is 4.79 Å². The third-order valence-electron chi connectivity index (χ3n) is 4.42. The van der Waals surface area contributed by atoms with Crippen LogP contribution in [0.25, 0.3) is 10.9 Å². The van der Waals surface area contributed by atoms with Gasteiger partial charge in [0.2, 0.25) is 0 Å². The number of nitrogens with two attached hydrogens (primary N) is 1. The minimum Gasteiger partial charge on any atom is -0.399 e. The smallest absolute Gasteiger partial charge is 0.256 e. The molecule has 1 aromatic heterocycles. The maximum atomic E-state index is 12.6. The zero-order valence-corrected chi connectivity index (χ0v) is 11.9. The van der Waals surface area contributed by atoms with Gasteiger partial charge in [-0.2, -0.15) is 0 Å². The molecule has 1 saturated heterocycles. The molecule has 106 valence electrons. The summed E-state index contributed by atoms with van der Waals surface area (Å²) in [7, 11) is 0. The first kappa shape index (κ1) is 13.0. The third kappa shape index (κ3) is 2.26. The van der Waals surface area contributed by atoms with Gasteiger partial charge in [0.1, 0.15) is 0 Å². The van der Waals surface area contributed by atoms with Crippen LogP contribution in [-0.4, -0.2) is 28.9 Å². The zero-order chi connectivity index (χ0) is 14.1. The largest absolute Gasteiger partial charge is 0.399 e. The van der Waals surface area contributed by atoms with Gasteiger partial charge < -0.3 is 15.6 Å². The lowest BCUT2D eigenvalue weighted by molar-refractivity contribution is 0.0691. The predicted octanol–water partition coefficient (Wildman–Crippen LogP) is 3.01. The molecule has 1 fully saturated rings. The molecule has 1 amide bonds. The number of carbonyl (C=O) groups is 1. The van der Waals surface area contributed by atoms with E-state index >= 15 is 0 Å². The number of carbonyl (C=O) groups excluding carboxylic acids is 1. The minimum atomic E-state index is 0.122. The van der Waals surface area contributed by atoms with Crippen LogP contribution in [0.5, 0.6) is 0 Å². The summed E-state index contributed by atoms with van der Waals surface area (Å²) < 4.78 is 0. The fourth-order valence-corrected chi connectivity index (χ4v) is 3.03. The van der Waals surface area contributed by atoms with Crippen LogP contribution in [0, 0.1) is 5.92 Å². The molecule has 0 atom stereocenters. The van der Waals surface area contributed by atoms with Gasteiger partial charge in [0.25, 0.3) is 5.91 Å². The number of amides is 1. The second kappa shape index (κ2) is 5.19. The van der Waals surface area contributed by atoms with Gasteiger partial charge in [0, 0.05) is 35.9 Å². The number of anilines is 1. The summed E-state index contributed by atoms with van der Waals surface area (Å²) in [4.78, 5) is 17.8. The lowest BCUT2D eigenvalue weighted by Gasteiger charge is -2.31. The van der Waals surface area contributed by atoms with Crippen molar-refractivity contribution >= 4 is 22.5 Å². The molecule has 1 aromatic carbocycles. The Morgan fingerprint density at radius 2 is 2.15 bits per heavy atom. The number of H-pyrrole nitrogens is 1. The van der Waals surface area contributed by atoms with E-state index in [4.69, 9.17) is 5.73 Å². The number of nitrogens with one attached hydrogen (secondary N) is 1. The predicted molar refractivity (Wildman–Crippen MR) is 81.6 cm³/mol. The van der Waals surface area contributed by atoms with Gasteiger partial charge in [-0.05, 0) is 37.0 Å². The molecule has 2 aromatic rings. The van der Waals surface area contributed by atoms with E-state index < -0.39 is 0 Å². The molecule has 0 aliphatic carbocycles. The highest BCUT2D eigenvalue weighted by molar-refractivity contribution is 6.07. The fourth-order valence-electron chi connectivity index (χ4n) is 3.03. The monoisotopic (exact) mass is 271 g/mol. The summed E-state index contributed by atoms with van der Waals surface area (Å²) in [6, 6.07) is 5.64. The number of aromatic amines is 1. The molecular weight excluding hydrogens is 250 g/mol. The summed E-state index contributed by atoms with van der Waals surface area (Å²) >= 11 is 0. The normalized spacial score (nSPS) is 16.8. The van der Waals surface area contributed by atoms with Crippen molar-refractivity contribution in [1.29, 1.82) is 0 Å². The van der Waals surface area contributed by atoms with Gasteiger partial charge in [-0.25, -0.2) is 0 Å². The van der Waals surface area contributed by atoms with Crippen molar-refractivity contribution in [2.45, 2.75) is 26.2 Å². The number of fused-ring (bicyclic) bond motifs is 1. The lowest BCUT2D eigenvalue weighted by atomic mass is 9.94. The first-order chi connectivity index (χ1) is 9.69. The minimum absolute atomic E-state index is 0.122. The molecule has 20 heavy (non-hydrogen) atoms. The number of likely N-dealkylation sites (tertiary alicyclic amines) is 1. The summed E-state index contributed by atoms with van der Waals surface area (Å²) in [6.45, 7) is 3.96. The Labute approximate surface area is 118 Å². The quantitative estimate of drug-likeness (QED) is 0.825. The Kier molecular flexibility index (Phi) is 3.38. The van der Waals surface area contributed by atoms with E-state index in [1.807, 2.05) is 23.1 Å². The molecule has 0 spiro atoms. The highest BCUT2D eigenvalue weighted by Gasteiger charge is 2.24. The topological polar surface area (TPSA) is 62.1 Å². The molecule has 1 aliphatic rings. The van der Waals surface area contributed by atoms with Crippen molar-refractivity contribution < 1.29 is 4.79 Å². The molecule has 4 heteroatoms. The average molecular weight is 271 g/mol. The summed E-state index contributed by atoms with van der Waals surface area (Å²) in [6.07, 6.45) is 5.25. The van der Waals surface area contributed by atoms with E-state index in [1.54, 1.807) is 6.20 Å². The maximum Gasteiger partial charge on any atom is 0.256 e. The number of nitrogen functional groups attached to an aromatic ring is 1. The first-order valence-corrected chi connectivity index (χ1v) is 7.35. The van der Waals surface area contributed by atoms with E-state index in [2.05, 4.69) is 11.9 Å². The van der Waals surface area contributed by atoms with Crippen LogP contribution in [0.15, 0.2) is 24.4 Å². The average Bonchev–Trinajstić information content (AvgIpc) is 2.89. The van der Waals surface area contributed by atoms with Gasteiger partial charge in [0.05, 0.1) is 5.56 Å². The molecule has 3 rings (SSSR count). The Balaban J connectivity index is 1.84. The Morgan fingerprint density at radius 1 is 1.40 bits per heavy atom. The van der Waals surface area contributed by atoms with Crippen LogP contribution >= 0.6 is 0 Å². The number of rotatable bonds is 2. The van der Waals surface area contributed by atoms with Gasteiger partial charge >= 0.3 is 0 Å². The number of nitrogens with zero attached hydrogens (tertiary/aromatic N) is 1. The lowest BCUT2D eigenvalue weighted by Crippen LogP contribution is -2.38. The van der Waals surface area contributed by atoms with Crippen LogP contribution in [0.4, 0.5) is 5.69 Å². The molecule has 0 radical (unpaired) electrons. The summed E-state index contributed by atoms with van der Waals surface area (Å²) in [5.41, 5.74) is 8.22. The molecule has 4 nitrogen and oxygen atoms in total. The van der Waals surface area contributed by atoms with Crippen LogP contribution < -0.4 is 5.73 Å². The Hall–Kier alpha value is -1.97. The van der Waals surface area contributed by atoms with Crippen molar-refractivity contribution in [3.63, 3.8) is 0 Å². The second-order valence-electron chi connectivity index (χ2n) is 5.65. The van der Waals surface area contributed by atoms with Crippen molar-refractivity contribution in [2.24, 2.45) is 5.92 Å². The van der Waals surface area contributed by atoms with E-state index in [0.29, 0.717) is 5.69 Å². The highest BCUT2D eigenvalue weighted by atomic mass is 16.2. The van der Waals surface area contributed by atoms with Crippen molar-refractivity contribution in [2.75, 3.05) is 18.8 Å². The Bertz CT molecular complexity index is 624. The van der Waals surface area contributed by atoms with E-state index in [-0.39, 0.29) is 5.91 Å². The second-order valence-corrected chi connectivity index (χ2v) is 5.65. The third-order valence-corrected chi connectivity index (χ3v) is 4.42. The molecule has 2 heterocycles. The molecule has 1 aliphatic heterocycles. The molecule has 0 unspecified atom stereocenters. The van der Waals surface area contributed by atoms with Gasteiger partial charge in [0.15, 0.2) is 0 Å². The zero-order valence-electron chi connectivity index (χ0n) is 11.9. The number of benzene rings is 1. The van der Waals surface area contributed by atoms with Crippen LogP contribution in [0.2, 0.25) is 0 Å². The highest BCUT2D eigenvalue weighted by Crippen LogP contribution is 2.25. The fraction of sp³-hybridized carbons (Fsp3) is 0.438. The van der Waals surface area contributed by atoms with E-state index in [1.165, 1.54) is 6.42 Å². The Morgan fingerprint density at radius 3 is 2.85 bits per heavy atom. The van der Waals surface area contributed by atoms with Crippen LogP contribution in [0.3, 0.4) is 0 Å². The maximum absolute atomic E-state index is 12.6. The van der Waals surface area contributed by atoms with Crippen molar-refractivity contribution in [3.8, 4) is 0 Å². The molecular formula is C16H21N3O. The summed E-state index contributed by atoms with van der Waals surface area (Å²) in [5.74, 6) is 0.897. The number of piperidine rings is 1. The SMILES string of the molecule is CCC1CCN(C(=O)c2c[nH]c3ccc(N)cc23)CC1. The van der Waals surface area contributed by atoms with Crippen molar-refractivity contribution in [3.05, 3.63) is 30.0 Å². The van der Waals surface area contributed by atoms with E-state index in [0.717, 1.165) is 48.3 Å². The van der Waals surface area contributed by atoms with E-state index in [9.17, 15) is 4.79 Å². The van der Waals surface area contributed by atoms with Crippen LogP contribution in [-0.2, 0) is 0 Å². The van der Waals surface area contributed by atoms with Gasteiger partial charge in [-0.15, -0.1) is 0 Å². The standard InChI is InChI=1S/C16H21N3O/c1-2-11-5-7-19(8-6-11)16(20)14-10-18-15-4-3-12(17)9-13(14)15/h3-4,9-11,18H,2,5-8,17H2,1H3. The molecule has 0 saturated carbocycles. The van der Waals surface area contributed by atoms with Gasteiger partial charge in [-0.1, -0.05) is 13.3 Å². The first-order valence-electron chi connectivity index (χ1n) is 7.35. The number of aromatic nitrogens is 1. The van der Waals surface area contributed by atoms with Crippen LogP contribution in [0.1, 0.15) is 36.5 Å². The number of hydrogen-bond donors (Lipinski definition) is 2. The molecule has 3 N–H and O–H groups in total. The summed E-state index contributed by atoms with van der Waals surface area (Å²) in [5, 5.41) is 0.924. The number of hydrogen-bond acceptors (Lipinski definition) is 2. The molecule has 0 bridgehead atoms. The van der Waals surface area contributed by atoms with Crippen molar-refractivity contribution in [1.82, 2.24) is 9.88 Å².